The molecule has 2 aromatic rings. The monoisotopic (exact) mass is 364 g/mol. The Kier molecular flexibility index (Phi) is 6.97. The molecule has 0 bridgehead atoms. The lowest BCUT2D eigenvalue weighted by molar-refractivity contribution is -0.117. The van der Waals surface area contributed by atoms with Crippen molar-refractivity contribution in [3.8, 4) is 11.8 Å². The molecule has 138 valence electrons. The molecule has 4 N–H and O–H groups in total. The number of carbonyl (C=O) groups excluding carboxylic acids is 2. The molecule has 0 aliphatic heterocycles. The van der Waals surface area contributed by atoms with Crippen LogP contribution in [0.25, 0.3) is 0 Å². The molecule has 0 aliphatic rings. The van der Waals surface area contributed by atoms with Gasteiger partial charge in [0, 0.05) is 31.0 Å². The largest absolute Gasteiger partial charge is 0.508 e. The van der Waals surface area contributed by atoms with Gasteiger partial charge in [-0.05, 0) is 42.3 Å². The molecule has 27 heavy (non-hydrogen) atoms. The number of nitrogens with zero attached hydrogens (tertiary/aromatic N) is 1. The van der Waals surface area contributed by atoms with Crippen molar-refractivity contribution in [3.63, 3.8) is 0 Å². The van der Waals surface area contributed by atoms with E-state index in [0.717, 1.165) is 5.56 Å². The molecule has 0 saturated heterocycles. The number of anilines is 2. The lowest BCUT2D eigenvalue weighted by Crippen LogP contribution is -2.27. The van der Waals surface area contributed by atoms with E-state index in [9.17, 15) is 20.0 Å². The third-order valence-electron chi connectivity index (χ3n) is 3.57. The summed E-state index contributed by atoms with van der Waals surface area (Å²) in [5.74, 6) is -0.485. The number of rotatable bonds is 7. The first-order valence-corrected chi connectivity index (χ1v) is 8.28. The standard InChI is InChI=1S/C20H20N4O3/c1-14(25)24-18-4-2-3-17(11-18)23-13-16(12-21)20(27)22-10-9-15-5-7-19(26)8-6-15/h2-8,11,13,23,26H,9-10H2,1H3,(H,22,27)(H,24,25)/b16-13-. The zero-order valence-corrected chi connectivity index (χ0v) is 14.8. The average molecular weight is 364 g/mol. The van der Waals surface area contributed by atoms with E-state index >= 15 is 0 Å². The highest BCUT2D eigenvalue weighted by molar-refractivity contribution is 5.97. The second-order valence-electron chi connectivity index (χ2n) is 5.75. The van der Waals surface area contributed by atoms with E-state index < -0.39 is 5.91 Å². The first-order valence-electron chi connectivity index (χ1n) is 8.28. The summed E-state index contributed by atoms with van der Waals surface area (Å²) in [6.07, 6.45) is 1.90. The molecule has 0 fully saturated rings. The molecular formula is C20H20N4O3. The number of nitriles is 1. The second-order valence-corrected chi connectivity index (χ2v) is 5.75. The van der Waals surface area contributed by atoms with Crippen molar-refractivity contribution >= 4 is 23.2 Å². The molecule has 0 atom stereocenters. The Morgan fingerprint density at radius 3 is 2.52 bits per heavy atom. The van der Waals surface area contributed by atoms with E-state index in [0.29, 0.717) is 24.3 Å². The molecule has 0 radical (unpaired) electrons. The van der Waals surface area contributed by atoms with Gasteiger partial charge in [0.2, 0.25) is 5.91 Å². The van der Waals surface area contributed by atoms with Gasteiger partial charge >= 0.3 is 0 Å². The number of benzene rings is 2. The highest BCUT2D eigenvalue weighted by atomic mass is 16.3. The first-order chi connectivity index (χ1) is 13.0. The van der Waals surface area contributed by atoms with Crippen LogP contribution < -0.4 is 16.0 Å². The number of nitrogens with one attached hydrogen (secondary N) is 3. The molecule has 2 amide bonds. The molecule has 0 aromatic heterocycles. The molecule has 0 saturated carbocycles. The van der Waals surface area contributed by atoms with Crippen LogP contribution in [0, 0.1) is 11.3 Å². The van der Waals surface area contributed by atoms with Crippen LogP contribution in [0.15, 0.2) is 60.3 Å². The van der Waals surface area contributed by atoms with Crippen molar-refractivity contribution in [2.24, 2.45) is 0 Å². The molecule has 2 rings (SSSR count). The Balaban J connectivity index is 1.91. The fourth-order valence-electron chi connectivity index (χ4n) is 2.27. The summed E-state index contributed by atoms with van der Waals surface area (Å²) >= 11 is 0. The van der Waals surface area contributed by atoms with Gasteiger partial charge in [-0.1, -0.05) is 18.2 Å². The summed E-state index contributed by atoms with van der Waals surface area (Å²) in [4.78, 5) is 23.2. The molecule has 0 aliphatic carbocycles. The maximum atomic E-state index is 12.1. The van der Waals surface area contributed by atoms with Crippen LogP contribution >= 0.6 is 0 Å². The molecule has 0 heterocycles. The van der Waals surface area contributed by atoms with Gasteiger partial charge in [-0.2, -0.15) is 5.26 Å². The van der Waals surface area contributed by atoms with Crippen LogP contribution in [0.1, 0.15) is 12.5 Å². The molecule has 2 aromatic carbocycles. The summed E-state index contributed by atoms with van der Waals surface area (Å²) in [5.41, 5.74) is 2.14. The van der Waals surface area contributed by atoms with Crippen LogP contribution in [0.4, 0.5) is 11.4 Å². The number of hydrogen-bond donors (Lipinski definition) is 4. The number of hydrogen-bond acceptors (Lipinski definition) is 5. The van der Waals surface area contributed by atoms with E-state index in [1.165, 1.54) is 13.1 Å². The van der Waals surface area contributed by atoms with Gasteiger partial charge in [0.1, 0.15) is 17.4 Å². The van der Waals surface area contributed by atoms with Crippen molar-refractivity contribution in [1.29, 1.82) is 5.26 Å². The molecular weight excluding hydrogens is 344 g/mol. The summed E-state index contributed by atoms with van der Waals surface area (Å²) < 4.78 is 0. The SMILES string of the molecule is CC(=O)Nc1cccc(N/C=C(/C#N)C(=O)NCCc2ccc(O)cc2)c1. The van der Waals surface area contributed by atoms with E-state index in [-0.39, 0.29) is 17.2 Å². The zero-order valence-electron chi connectivity index (χ0n) is 14.8. The number of phenols is 1. The van der Waals surface area contributed by atoms with Crippen LogP contribution in [0.2, 0.25) is 0 Å². The maximum Gasteiger partial charge on any atom is 0.263 e. The lowest BCUT2D eigenvalue weighted by atomic mass is 10.1. The van der Waals surface area contributed by atoms with Gasteiger partial charge in [-0.3, -0.25) is 9.59 Å². The van der Waals surface area contributed by atoms with Crippen molar-refractivity contribution < 1.29 is 14.7 Å². The van der Waals surface area contributed by atoms with Crippen molar-refractivity contribution in [3.05, 3.63) is 65.9 Å². The first kappa shape index (κ1) is 19.5. The molecule has 7 heteroatoms. The minimum absolute atomic E-state index is 0.0642. The molecule has 0 spiro atoms. The van der Waals surface area contributed by atoms with Crippen LogP contribution in [0.3, 0.4) is 0 Å². The topological polar surface area (TPSA) is 114 Å². The Morgan fingerprint density at radius 1 is 1.15 bits per heavy atom. The summed E-state index contributed by atoms with van der Waals surface area (Å²) in [7, 11) is 0. The van der Waals surface area contributed by atoms with Gasteiger partial charge in [0.25, 0.3) is 5.91 Å². The predicted molar refractivity (Wildman–Crippen MR) is 103 cm³/mol. The van der Waals surface area contributed by atoms with Gasteiger partial charge < -0.3 is 21.1 Å². The van der Waals surface area contributed by atoms with Crippen LogP contribution in [-0.4, -0.2) is 23.5 Å². The minimum Gasteiger partial charge on any atom is -0.508 e. The van der Waals surface area contributed by atoms with Crippen LogP contribution in [-0.2, 0) is 16.0 Å². The van der Waals surface area contributed by atoms with Gasteiger partial charge in [-0.15, -0.1) is 0 Å². The Bertz CT molecular complexity index is 883. The smallest absolute Gasteiger partial charge is 0.263 e. The summed E-state index contributed by atoms with van der Waals surface area (Å²) in [6, 6.07) is 15.5. The lowest BCUT2D eigenvalue weighted by Gasteiger charge is -2.07. The van der Waals surface area contributed by atoms with E-state index in [2.05, 4.69) is 16.0 Å². The number of aromatic hydroxyl groups is 1. The highest BCUT2D eigenvalue weighted by Crippen LogP contribution is 2.15. The normalized spacial score (nSPS) is 10.6. The van der Waals surface area contributed by atoms with Gasteiger partial charge in [0.15, 0.2) is 0 Å². The third kappa shape index (κ3) is 6.55. The second kappa shape index (κ2) is 9.63. The van der Waals surface area contributed by atoms with Crippen molar-refractivity contribution in [2.45, 2.75) is 13.3 Å². The summed E-state index contributed by atoms with van der Waals surface area (Å²) in [6.45, 7) is 1.77. The highest BCUT2D eigenvalue weighted by Gasteiger charge is 2.08. The number of amides is 2. The van der Waals surface area contributed by atoms with E-state index in [1.807, 2.05) is 6.07 Å². The quantitative estimate of drug-likeness (QED) is 0.445. The van der Waals surface area contributed by atoms with E-state index in [1.54, 1.807) is 48.5 Å². The minimum atomic E-state index is -0.484. The Labute approximate surface area is 157 Å². The predicted octanol–water partition coefficient (Wildman–Crippen LogP) is 2.53. The Morgan fingerprint density at radius 2 is 1.85 bits per heavy atom. The van der Waals surface area contributed by atoms with Crippen LogP contribution in [0.5, 0.6) is 5.75 Å². The third-order valence-corrected chi connectivity index (χ3v) is 3.57. The van der Waals surface area contributed by atoms with Crippen molar-refractivity contribution in [1.82, 2.24) is 5.32 Å². The van der Waals surface area contributed by atoms with Gasteiger partial charge in [0.05, 0.1) is 0 Å². The summed E-state index contributed by atoms with van der Waals surface area (Å²) in [5, 5.41) is 26.7. The molecule has 7 nitrogen and oxygen atoms in total. The van der Waals surface area contributed by atoms with E-state index in [4.69, 9.17) is 0 Å². The average Bonchev–Trinajstić information content (AvgIpc) is 2.63. The zero-order chi connectivity index (χ0) is 19.6. The fourth-order valence-corrected chi connectivity index (χ4v) is 2.27. The Hall–Kier alpha value is -3.79. The van der Waals surface area contributed by atoms with Gasteiger partial charge in [-0.25, -0.2) is 0 Å². The van der Waals surface area contributed by atoms with Crippen molar-refractivity contribution in [2.75, 3.05) is 17.2 Å². The maximum absolute atomic E-state index is 12.1. The fraction of sp³-hybridized carbons (Fsp3) is 0.150. The number of carbonyl (C=O) groups is 2. The number of phenolic OH excluding ortho intramolecular Hbond substituents is 1. The molecule has 0 unspecified atom stereocenters.